The van der Waals surface area contributed by atoms with E-state index >= 15 is 0 Å². The van der Waals surface area contributed by atoms with Gasteiger partial charge in [0.2, 0.25) is 0 Å². The Bertz CT molecular complexity index is 645. The van der Waals surface area contributed by atoms with Crippen LogP contribution in [-0.2, 0) is 13.2 Å². The first-order chi connectivity index (χ1) is 10.5. The van der Waals surface area contributed by atoms with Crippen molar-refractivity contribution in [1.82, 2.24) is 19.2 Å². The highest BCUT2D eigenvalue weighted by atomic mass is 32.1. The molecule has 0 saturated carbocycles. The van der Waals surface area contributed by atoms with Crippen molar-refractivity contribution in [2.24, 2.45) is 0 Å². The zero-order valence-corrected chi connectivity index (χ0v) is 14.5. The second-order valence-electron chi connectivity index (χ2n) is 5.65. The maximum Gasteiger partial charge on any atom is 0.199 e. The summed E-state index contributed by atoms with van der Waals surface area (Å²) in [6.45, 7) is 8.39. The lowest BCUT2D eigenvalue weighted by atomic mass is 10.2. The summed E-state index contributed by atoms with van der Waals surface area (Å²) in [5.41, 5.74) is 1.24. The van der Waals surface area contributed by atoms with Crippen LogP contribution in [0.25, 0.3) is 0 Å². The maximum absolute atomic E-state index is 5.46. The minimum atomic E-state index is 0.331. The average molecular weight is 320 g/mol. The third-order valence-corrected chi connectivity index (χ3v) is 3.80. The fourth-order valence-corrected chi connectivity index (χ4v) is 2.61. The largest absolute Gasteiger partial charge is 0.494 e. The van der Waals surface area contributed by atoms with Crippen LogP contribution >= 0.6 is 12.2 Å². The van der Waals surface area contributed by atoms with Crippen LogP contribution < -0.4 is 4.74 Å². The van der Waals surface area contributed by atoms with Crippen LogP contribution in [0.15, 0.2) is 30.6 Å². The van der Waals surface area contributed by atoms with Crippen LogP contribution in [-0.4, -0.2) is 32.9 Å². The van der Waals surface area contributed by atoms with Gasteiger partial charge < -0.3 is 9.30 Å². The lowest BCUT2D eigenvalue weighted by molar-refractivity contribution is 0.243. The molecule has 0 aliphatic heterocycles. The molecule has 0 aliphatic carbocycles. The number of hydrogen-bond donors (Lipinski definition) is 0. The predicted octanol–water partition coefficient (Wildman–Crippen LogP) is 3.48. The lowest BCUT2D eigenvalue weighted by Gasteiger charge is -2.17. The molecule has 1 heterocycles. The van der Waals surface area contributed by atoms with Crippen molar-refractivity contribution < 1.29 is 4.74 Å². The van der Waals surface area contributed by atoms with Gasteiger partial charge in [0.25, 0.3) is 0 Å². The smallest absolute Gasteiger partial charge is 0.199 e. The molecule has 0 saturated heterocycles. The Morgan fingerprint density at radius 3 is 2.50 bits per heavy atom. The van der Waals surface area contributed by atoms with Gasteiger partial charge in [-0.15, -0.1) is 0 Å². The molecule has 120 valence electrons. The van der Waals surface area contributed by atoms with Gasteiger partial charge in [-0.1, -0.05) is 12.1 Å². The quantitative estimate of drug-likeness (QED) is 0.732. The summed E-state index contributed by atoms with van der Waals surface area (Å²) >= 11 is 5.45. The van der Waals surface area contributed by atoms with E-state index in [9.17, 15) is 0 Å². The zero-order valence-electron chi connectivity index (χ0n) is 13.7. The van der Waals surface area contributed by atoms with Crippen LogP contribution in [0.2, 0.25) is 0 Å². The summed E-state index contributed by atoms with van der Waals surface area (Å²) in [5, 5.41) is 4.37. The minimum absolute atomic E-state index is 0.331. The van der Waals surface area contributed by atoms with E-state index in [2.05, 4.69) is 43.0 Å². The molecule has 0 radical (unpaired) electrons. The highest BCUT2D eigenvalue weighted by molar-refractivity contribution is 7.71. The monoisotopic (exact) mass is 320 g/mol. The van der Waals surface area contributed by atoms with Gasteiger partial charge in [0.15, 0.2) is 4.77 Å². The van der Waals surface area contributed by atoms with Gasteiger partial charge >= 0.3 is 0 Å². The van der Waals surface area contributed by atoms with Crippen LogP contribution in [0.4, 0.5) is 0 Å². The number of benzene rings is 1. The Hall–Kier alpha value is -1.66. The molecule has 2 aromatic rings. The van der Waals surface area contributed by atoms with Crippen molar-refractivity contribution in [3.05, 3.63) is 40.9 Å². The van der Waals surface area contributed by atoms with E-state index < -0.39 is 0 Å². The molecule has 5 nitrogen and oxygen atoms in total. The van der Waals surface area contributed by atoms with Crippen molar-refractivity contribution in [3.8, 4) is 5.75 Å². The molecular weight excluding hydrogens is 296 g/mol. The Kier molecular flexibility index (Phi) is 5.74. The molecule has 1 aromatic heterocycles. The summed E-state index contributed by atoms with van der Waals surface area (Å²) in [6.07, 6.45) is 1.80. The minimum Gasteiger partial charge on any atom is -0.494 e. The summed E-state index contributed by atoms with van der Waals surface area (Å²) in [7, 11) is 2.06. The first-order valence-electron chi connectivity index (χ1n) is 7.55. The van der Waals surface area contributed by atoms with Gasteiger partial charge in [0.1, 0.15) is 12.1 Å². The summed E-state index contributed by atoms with van der Waals surface area (Å²) in [4.78, 5) is 2.18. The van der Waals surface area contributed by atoms with Crippen LogP contribution in [0, 0.1) is 4.77 Å². The molecule has 2 rings (SSSR count). The standard InChI is InChI=1S/C16H24N4OS/c1-5-21-15-8-6-14(7-9-15)10-18(4)12-20-16(22)19(11-17-20)13(2)3/h6-9,11,13H,5,10,12H2,1-4H3. The molecule has 0 fully saturated rings. The number of rotatable bonds is 7. The van der Waals surface area contributed by atoms with Gasteiger partial charge in [-0.05, 0) is 57.7 Å². The third-order valence-electron chi connectivity index (χ3n) is 3.38. The fraction of sp³-hybridized carbons (Fsp3) is 0.500. The molecule has 0 amide bonds. The maximum atomic E-state index is 5.46. The Morgan fingerprint density at radius 1 is 1.27 bits per heavy atom. The normalized spacial score (nSPS) is 11.4. The average Bonchev–Trinajstić information content (AvgIpc) is 2.83. The van der Waals surface area contributed by atoms with E-state index in [1.165, 1.54) is 5.56 Å². The Balaban J connectivity index is 1.98. The third kappa shape index (κ3) is 4.18. The van der Waals surface area contributed by atoms with Crippen LogP contribution in [0.5, 0.6) is 5.75 Å². The van der Waals surface area contributed by atoms with E-state index in [0.29, 0.717) is 19.3 Å². The molecule has 0 spiro atoms. The first kappa shape index (κ1) is 16.7. The molecule has 22 heavy (non-hydrogen) atoms. The van der Waals surface area contributed by atoms with Crippen LogP contribution in [0.1, 0.15) is 32.4 Å². The summed E-state index contributed by atoms with van der Waals surface area (Å²) < 4.78 is 10.1. The van der Waals surface area contributed by atoms with Crippen molar-refractivity contribution in [1.29, 1.82) is 0 Å². The lowest BCUT2D eigenvalue weighted by Crippen LogP contribution is -2.22. The highest BCUT2D eigenvalue weighted by Gasteiger charge is 2.07. The topological polar surface area (TPSA) is 35.2 Å². The van der Waals surface area contributed by atoms with Crippen LogP contribution in [0.3, 0.4) is 0 Å². The van der Waals surface area contributed by atoms with Gasteiger partial charge in [-0.2, -0.15) is 5.10 Å². The van der Waals surface area contributed by atoms with Gasteiger partial charge in [0.05, 0.1) is 13.3 Å². The second kappa shape index (κ2) is 7.56. The molecule has 0 unspecified atom stereocenters. The predicted molar refractivity (Wildman–Crippen MR) is 90.5 cm³/mol. The SMILES string of the molecule is CCOc1ccc(CN(C)Cn2ncn(C(C)C)c2=S)cc1. The fourth-order valence-electron chi connectivity index (χ4n) is 2.25. The van der Waals surface area contributed by atoms with Gasteiger partial charge in [0, 0.05) is 12.6 Å². The van der Waals surface area contributed by atoms with E-state index in [-0.39, 0.29) is 0 Å². The molecule has 1 aromatic carbocycles. The summed E-state index contributed by atoms with van der Waals surface area (Å²) in [5.74, 6) is 0.909. The molecule has 0 N–H and O–H groups in total. The Morgan fingerprint density at radius 2 is 1.95 bits per heavy atom. The van der Waals surface area contributed by atoms with Crippen molar-refractivity contribution >= 4 is 12.2 Å². The zero-order chi connectivity index (χ0) is 16.1. The summed E-state index contributed by atoms with van der Waals surface area (Å²) in [6, 6.07) is 8.52. The van der Waals surface area contributed by atoms with E-state index in [4.69, 9.17) is 17.0 Å². The molecule has 0 atom stereocenters. The number of ether oxygens (including phenoxy) is 1. The first-order valence-corrected chi connectivity index (χ1v) is 7.96. The Labute approximate surface area is 137 Å². The van der Waals surface area contributed by atoms with Crippen molar-refractivity contribution in [2.45, 2.75) is 40.0 Å². The second-order valence-corrected chi connectivity index (χ2v) is 6.01. The molecule has 0 bridgehead atoms. The van der Waals surface area contributed by atoms with Crippen molar-refractivity contribution in [3.63, 3.8) is 0 Å². The van der Waals surface area contributed by atoms with Crippen molar-refractivity contribution in [2.75, 3.05) is 13.7 Å². The van der Waals surface area contributed by atoms with E-state index in [0.717, 1.165) is 17.1 Å². The molecule has 6 heteroatoms. The highest BCUT2D eigenvalue weighted by Crippen LogP contribution is 2.13. The van der Waals surface area contributed by atoms with E-state index in [1.807, 2.05) is 28.3 Å². The molecular formula is C16H24N4OS. The molecule has 0 aliphatic rings. The van der Waals surface area contributed by atoms with Gasteiger partial charge in [-0.3, -0.25) is 4.90 Å². The number of hydrogen-bond acceptors (Lipinski definition) is 4. The number of nitrogens with zero attached hydrogens (tertiary/aromatic N) is 4. The number of aromatic nitrogens is 3. The van der Waals surface area contributed by atoms with Gasteiger partial charge in [-0.25, -0.2) is 4.68 Å². The van der Waals surface area contributed by atoms with E-state index in [1.54, 1.807) is 6.33 Å².